The van der Waals surface area contributed by atoms with E-state index in [-0.39, 0.29) is 11.4 Å². The van der Waals surface area contributed by atoms with Gasteiger partial charge < -0.3 is 9.47 Å². The zero-order chi connectivity index (χ0) is 17.9. The van der Waals surface area contributed by atoms with Gasteiger partial charge in [-0.2, -0.15) is 0 Å². The molecule has 2 bridgehead atoms. The molecule has 2 fully saturated rings. The highest BCUT2D eigenvalue weighted by Crippen LogP contribution is 2.47. The maximum atomic E-state index is 12.7. The van der Waals surface area contributed by atoms with Gasteiger partial charge in [-0.05, 0) is 12.1 Å². The lowest BCUT2D eigenvalue weighted by atomic mass is 9.85. The minimum atomic E-state index is -0.734. The number of esters is 1. The average molecular weight is 344 g/mol. The molecule has 9 heteroatoms. The third-order valence-electron chi connectivity index (χ3n) is 4.56. The van der Waals surface area contributed by atoms with Gasteiger partial charge in [-0.1, -0.05) is 12.2 Å². The Labute approximate surface area is 140 Å². The first kappa shape index (κ1) is 15.5. The molecule has 3 aliphatic heterocycles. The predicted octanol–water partition coefficient (Wildman–Crippen LogP) is 0.963. The molecule has 3 aliphatic rings. The van der Waals surface area contributed by atoms with E-state index < -0.39 is 52.4 Å². The molecule has 0 aliphatic carbocycles. The normalized spacial score (nSPS) is 29.2. The number of nitro groups is 1. The number of nitrogens with zero attached hydrogens (tertiary/aromatic N) is 2. The lowest BCUT2D eigenvalue weighted by Gasteiger charge is -2.17. The molecule has 0 unspecified atom stereocenters. The summed E-state index contributed by atoms with van der Waals surface area (Å²) in [5.41, 5.74) is -0.422. The molecule has 128 valence electrons. The van der Waals surface area contributed by atoms with Crippen molar-refractivity contribution in [1.82, 2.24) is 0 Å². The van der Waals surface area contributed by atoms with Gasteiger partial charge in [0.1, 0.15) is 0 Å². The maximum Gasteiger partial charge on any atom is 0.313 e. The van der Waals surface area contributed by atoms with E-state index in [0.29, 0.717) is 0 Å². The number of benzene rings is 1. The second-order valence-electron chi connectivity index (χ2n) is 6.02. The van der Waals surface area contributed by atoms with E-state index in [4.69, 9.17) is 9.47 Å². The number of hydrogen-bond acceptors (Lipinski definition) is 7. The summed E-state index contributed by atoms with van der Waals surface area (Å²) < 4.78 is 10.3. The fourth-order valence-electron chi connectivity index (χ4n) is 3.59. The Morgan fingerprint density at radius 1 is 1.20 bits per heavy atom. The van der Waals surface area contributed by atoms with Gasteiger partial charge in [-0.25, -0.2) is 4.90 Å². The third kappa shape index (κ3) is 2.16. The van der Waals surface area contributed by atoms with E-state index in [0.717, 1.165) is 17.9 Å². The number of carbonyl (C=O) groups is 3. The van der Waals surface area contributed by atoms with Crippen molar-refractivity contribution in [3.05, 3.63) is 40.5 Å². The van der Waals surface area contributed by atoms with Gasteiger partial charge in [0.05, 0.1) is 34.7 Å². The summed E-state index contributed by atoms with van der Waals surface area (Å²) in [5.74, 6) is -3.05. The molecule has 0 aromatic heterocycles. The number of rotatable bonds is 3. The van der Waals surface area contributed by atoms with Crippen LogP contribution in [-0.2, 0) is 19.1 Å². The number of amides is 2. The van der Waals surface area contributed by atoms with Gasteiger partial charge >= 0.3 is 11.7 Å². The molecule has 1 aromatic rings. The Morgan fingerprint density at radius 3 is 2.32 bits per heavy atom. The molecule has 9 nitrogen and oxygen atoms in total. The summed E-state index contributed by atoms with van der Waals surface area (Å²) in [6, 6.07) is 3.61. The summed E-state index contributed by atoms with van der Waals surface area (Å²) >= 11 is 0. The number of imide groups is 1. The van der Waals surface area contributed by atoms with Crippen molar-refractivity contribution >= 4 is 29.2 Å². The standard InChI is InChI=1S/C16H12N2O7/c1-7(19)24-10-3-2-8(6-9(10)18(22)23)17-15(20)13-11-4-5-12(25-11)14(13)16(17)21/h2-6,11-14H,1H3/t11-,12+,13+,14-. The molecule has 4 rings (SSSR count). The van der Waals surface area contributed by atoms with Gasteiger partial charge in [0.15, 0.2) is 0 Å². The Balaban J connectivity index is 1.72. The van der Waals surface area contributed by atoms with Crippen molar-refractivity contribution in [3.8, 4) is 5.75 Å². The summed E-state index contributed by atoms with van der Waals surface area (Å²) in [5, 5.41) is 11.2. The second-order valence-corrected chi connectivity index (χ2v) is 6.02. The first-order valence-corrected chi connectivity index (χ1v) is 7.57. The fourth-order valence-corrected chi connectivity index (χ4v) is 3.59. The lowest BCUT2D eigenvalue weighted by molar-refractivity contribution is -0.385. The minimum absolute atomic E-state index is 0.0754. The number of carbonyl (C=O) groups excluding carboxylic acids is 3. The van der Waals surface area contributed by atoms with E-state index in [2.05, 4.69) is 0 Å². The van der Waals surface area contributed by atoms with Crippen LogP contribution < -0.4 is 9.64 Å². The summed E-state index contributed by atoms with van der Waals surface area (Å²) in [6.07, 6.45) is 2.64. The van der Waals surface area contributed by atoms with Gasteiger partial charge in [-0.3, -0.25) is 24.5 Å². The SMILES string of the molecule is CC(=O)Oc1ccc(N2C(=O)[C@@H]3[C@H](C2=O)[C@@H]2C=C[C@H]3O2)cc1[N+](=O)[O-]. The second kappa shape index (κ2) is 5.21. The predicted molar refractivity (Wildman–Crippen MR) is 81.7 cm³/mol. The molecule has 25 heavy (non-hydrogen) atoms. The van der Waals surface area contributed by atoms with Crippen LogP contribution in [0, 0.1) is 22.0 Å². The molecule has 1 aromatic carbocycles. The molecule has 2 amide bonds. The molecule has 0 N–H and O–H groups in total. The van der Waals surface area contributed by atoms with Crippen molar-refractivity contribution < 1.29 is 28.8 Å². The van der Waals surface area contributed by atoms with Gasteiger partial charge in [0.25, 0.3) is 0 Å². The minimum Gasteiger partial charge on any atom is -0.419 e. The molecule has 0 radical (unpaired) electrons. The van der Waals surface area contributed by atoms with Crippen LogP contribution in [0.2, 0.25) is 0 Å². The van der Waals surface area contributed by atoms with Crippen molar-refractivity contribution in [2.45, 2.75) is 19.1 Å². The van der Waals surface area contributed by atoms with E-state index in [1.165, 1.54) is 12.1 Å². The van der Waals surface area contributed by atoms with Crippen LogP contribution >= 0.6 is 0 Å². The molecular weight excluding hydrogens is 332 g/mol. The highest BCUT2D eigenvalue weighted by atomic mass is 16.6. The lowest BCUT2D eigenvalue weighted by Crippen LogP contribution is -2.34. The molecule has 2 saturated heterocycles. The smallest absolute Gasteiger partial charge is 0.313 e. The van der Waals surface area contributed by atoms with E-state index >= 15 is 0 Å². The van der Waals surface area contributed by atoms with Crippen molar-refractivity contribution in [1.29, 1.82) is 0 Å². The number of anilines is 1. The topological polar surface area (TPSA) is 116 Å². The van der Waals surface area contributed by atoms with Crippen LogP contribution in [0.3, 0.4) is 0 Å². The Hall–Kier alpha value is -3.07. The van der Waals surface area contributed by atoms with E-state index in [9.17, 15) is 24.5 Å². The Morgan fingerprint density at radius 2 is 1.80 bits per heavy atom. The number of fused-ring (bicyclic) bond motifs is 5. The quantitative estimate of drug-likeness (QED) is 0.200. The van der Waals surface area contributed by atoms with Crippen molar-refractivity contribution in [2.75, 3.05) is 4.90 Å². The van der Waals surface area contributed by atoms with Crippen LogP contribution in [0.5, 0.6) is 5.75 Å². The molecule has 0 saturated carbocycles. The van der Waals surface area contributed by atoms with Crippen LogP contribution in [0.1, 0.15) is 6.92 Å². The monoisotopic (exact) mass is 344 g/mol. The zero-order valence-electron chi connectivity index (χ0n) is 12.9. The van der Waals surface area contributed by atoms with Crippen LogP contribution in [0.25, 0.3) is 0 Å². The first-order chi connectivity index (χ1) is 11.9. The average Bonchev–Trinajstić information content (AvgIpc) is 3.21. The largest absolute Gasteiger partial charge is 0.419 e. The van der Waals surface area contributed by atoms with Crippen molar-refractivity contribution in [2.24, 2.45) is 11.8 Å². The summed E-state index contributed by atoms with van der Waals surface area (Å²) in [7, 11) is 0. The van der Waals surface area contributed by atoms with E-state index in [1.807, 2.05) is 0 Å². The number of nitro benzene ring substituents is 1. The van der Waals surface area contributed by atoms with Crippen molar-refractivity contribution in [3.63, 3.8) is 0 Å². The highest BCUT2D eigenvalue weighted by Gasteiger charge is 2.61. The summed E-state index contributed by atoms with van der Waals surface area (Å²) in [4.78, 5) is 47.9. The van der Waals surface area contributed by atoms with Crippen LogP contribution in [0.15, 0.2) is 30.4 Å². The van der Waals surface area contributed by atoms with Crippen LogP contribution in [-0.4, -0.2) is 34.9 Å². The van der Waals surface area contributed by atoms with E-state index in [1.54, 1.807) is 12.2 Å². The Kier molecular flexibility index (Phi) is 3.22. The fraction of sp³-hybridized carbons (Fsp3) is 0.312. The summed E-state index contributed by atoms with van der Waals surface area (Å²) in [6.45, 7) is 1.12. The van der Waals surface area contributed by atoms with Gasteiger partial charge in [-0.15, -0.1) is 0 Å². The Bertz CT molecular complexity index is 832. The highest BCUT2D eigenvalue weighted by molar-refractivity contribution is 6.23. The molecular formula is C16H12N2O7. The van der Waals surface area contributed by atoms with Crippen LogP contribution in [0.4, 0.5) is 11.4 Å². The third-order valence-corrected chi connectivity index (χ3v) is 4.56. The maximum absolute atomic E-state index is 12.7. The number of ether oxygens (including phenoxy) is 2. The molecule has 4 atom stereocenters. The molecule has 0 spiro atoms. The first-order valence-electron chi connectivity index (χ1n) is 7.57. The molecule has 3 heterocycles. The van der Waals surface area contributed by atoms with Gasteiger partial charge in [0, 0.05) is 13.0 Å². The zero-order valence-corrected chi connectivity index (χ0v) is 12.9. The number of hydrogen-bond donors (Lipinski definition) is 0. The van der Waals surface area contributed by atoms with Gasteiger partial charge in [0.2, 0.25) is 17.6 Å².